The number of nitrogens with one attached hydrogen (secondary N) is 1. The molecule has 1 fully saturated rings. The van der Waals surface area contributed by atoms with E-state index in [4.69, 9.17) is 21.4 Å². The molecule has 3 rings (SSSR count). The summed E-state index contributed by atoms with van der Waals surface area (Å²) in [5, 5.41) is 12.1. The summed E-state index contributed by atoms with van der Waals surface area (Å²) in [6.45, 7) is 0. The van der Waals surface area contributed by atoms with E-state index in [1.54, 1.807) is 36.4 Å². The van der Waals surface area contributed by atoms with E-state index in [0.29, 0.717) is 27.7 Å². The molecule has 2 aromatic rings. The Labute approximate surface area is 160 Å². The molecule has 1 aliphatic rings. The number of imide groups is 1. The van der Waals surface area contributed by atoms with Gasteiger partial charge in [0.05, 0.1) is 30.7 Å². The number of amides is 2. The van der Waals surface area contributed by atoms with Crippen molar-refractivity contribution in [2.45, 2.75) is 18.9 Å². The molecule has 0 spiro atoms. The highest BCUT2D eigenvalue weighted by atomic mass is 35.5. The van der Waals surface area contributed by atoms with E-state index in [9.17, 15) is 14.4 Å². The SMILES string of the molecule is COc1ccc(N2C(=O)C[C@@H](Nc3ccc(CC(=O)O)cc3)C2=O)cc1Cl. The molecule has 0 aromatic heterocycles. The summed E-state index contributed by atoms with van der Waals surface area (Å²) in [5.41, 5.74) is 1.66. The van der Waals surface area contributed by atoms with Gasteiger partial charge in [-0.3, -0.25) is 14.4 Å². The molecule has 1 aliphatic heterocycles. The first-order valence-electron chi connectivity index (χ1n) is 8.16. The van der Waals surface area contributed by atoms with Crippen molar-refractivity contribution in [1.82, 2.24) is 0 Å². The fourth-order valence-corrected chi connectivity index (χ4v) is 3.16. The average molecular weight is 389 g/mol. The summed E-state index contributed by atoms with van der Waals surface area (Å²) in [6.07, 6.45) is -0.0630. The molecule has 2 aromatic carbocycles. The number of hydrogen-bond donors (Lipinski definition) is 2. The summed E-state index contributed by atoms with van der Waals surface area (Å²) in [4.78, 5) is 36.9. The van der Waals surface area contributed by atoms with Gasteiger partial charge in [-0.25, -0.2) is 4.90 Å². The maximum Gasteiger partial charge on any atom is 0.307 e. The molecule has 0 saturated carbocycles. The number of carbonyl (C=O) groups is 3. The second-order valence-electron chi connectivity index (χ2n) is 6.05. The van der Waals surface area contributed by atoms with Gasteiger partial charge in [0.15, 0.2) is 0 Å². The Morgan fingerprint density at radius 1 is 1.26 bits per heavy atom. The number of carboxylic acid groups (broad SMARTS) is 1. The molecular weight excluding hydrogens is 372 g/mol. The van der Waals surface area contributed by atoms with Crippen LogP contribution in [-0.2, 0) is 20.8 Å². The van der Waals surface area contributed by atoms with Crippen LogP contribution in [0.3, 0.4) is 0 Å². The zero-order valence-electron chi connectivity index (χ0n) is 14.4. The third kappa shape index (κ3) is 4.03. The van der Waals surface area contributed by atoms with Crippen molar-refractivity contribution in [3.8, 4) is 5.75 Å². The van der Waals surface area contributed by atoms with E-state index in [0.717, 1.165) is 4.90 Å². The second-order valence-corrected chi connectivity index (χ2v) is 6.46. The largest absolute Gasteiger partial charge is 0.495 e. The lowest BCUT2D eigenvalue weighted by molar-refractivity contribution is -0.136. The van der Waals surface area contributed by atoms with Crippen LogP contribution in [-0.4, -0.2) is 36.0 Å². The van der Waals surface area contributed by atoms with Crippen molar-refractivity contribution in [3.05, 3.63) is 53.1 Å². The van der Waals surface area contributed by atoms with Gasteiger partial charge in [-0.05, 0) is 35.9 Å². The standard InChI is InChI=1S/C19H17ClN2O5/c1-27-16-7-6-13(9-14(16)20)22-17(23)10-15(19(22)26)21-12-4-2-11(3-5-12)8-18(24)25/h2-7,9,15,21H,8,10H2,1H3,(H,24,25)/t15-/m1/s1. The molecule has 0 aliphatic carbocycles. The van der Waals surface area contributed by atoms with Crippen LogP contribution in [0.25, 0.3) is 0 Å². The van der Waals surface area contributed by atoms with E-state index < -0.39 is 12.0 Å². The van der Waals surface area contributed by atoms with Gasteiger partial charge in [-0.2, -0.15) is 0 Å². The number of methoxy groups -OCH3 is 1. The molecule has 2 amide bonds. The fourth-order valence-electron chi connectivity index (χ4n) is 2.90. The normalized spacial score (nSPS) is 16.5. The molecule has 0 bridgehead atoms. The summed E-state index contributed by atoms with van der Waals surface area (Å²) in [6, 6.07) is 10.7. The maximum atomic E-state index is 12.7. The monoisotopic (exact) mass is 388 g/mol. The molecule has 140 valence electrons. The van der Waals surface area contributed by atoms with Gasteiger partial charge in [0.2, 0.25) is 5.91 Å². The fraction of sp³-hybridized carbons (Fsp3) is 0.211. The quantitative estimate of drug-likeness (QED) is 0.739. The Balaban J connectivity index is 1.74. The van der Waals surface area contributed by atoms with Gasteiger partial charge in [0, 0.05) is 5.69 Å². The van der Waals surface area contributed by atoms with Crippen LogP contribution in [0.15, 0.2) is 42.5 Å². The Kier molecular flexibility index (Phi) is 5.32. The van der Waals surface area contributed by atoms with Gasteiger partial charge in [-0.1, -0.05) is 23.7 Å². The van der Waals surface area contributed by atoms with Gasteiger partial charge in [-0.15, -0.1) is 0 Å². The van der Waals surface area contributed by atoms with Crippen LogP contribution in [0, 0.1) is 0 Å². The number of rotatable bonds is 6. The van der Waals surface area contributed by atoms with Crippen molar-refractivity contribution in [2.75, 3.05) is 17.3 Å². The summed E-state index contributed by atoms with van der Waals surface area (Å²) >= 11 is 6.09. The van der Waals surface area contributed by atoms with Crippen molar-refractivity contribution >= 4 is 40.8 Å². The van der Waals surface area contributed by atoms with Crippen molar-refractivity contribution in [2.24, 2.45) is 0 Å². The van der Waals surface area contributed by atoms with Gasteiger partial charge < -0.3 is 15.2 Å². The molecule has 1 saturated heterocycles. The van der Waals surface area contributed by atoms with E-state index in [-0.39, 0.29) is 24.7 Å². The average Bonchev–Trinajstić information content (AvgIpc) is 2.89. The summed E-state index contributed by atoms with van der Waals surface area (Å²) < 4.78 is 5.08. The van der Waals surface area contributed by atoms with E-state index in [2.05, 4.69) is 5.32 Å². The first-order valence-corrected chi connectivity index (χ1v) is 8.54. The highest BCUT2D eigenvalue weighted by Crippen LogP contribution is 2.32. The van der Waals surface area contributed by atoms with Crippen LogP contribution in [0.2, 0.25) is 5.02 Å². The highest BCUT2D eigenvalue weighted by molar-refractivity contribution is 6.33. The number of carbonyl (C=O) groups excluding carboxylic acids is 2. The molecule has 0 radical (unpaired) electrons. The number of ether oxygens (including phenoxy) is 1. The van der Waals surface area contributed by atoms with Gasteiger partial charge in [0.1, 0.15) is 11.8 Å². The van der Waals surface area contributed by atoms with E-state index in [1.807, 2.05) is 0 Å². The number of aliphatic carboxylic acids is 1. The van der Waals surface area contributed by atoms with Crippen molar-refractivity contribution < 1.29 is 24.2 Å². The van der Waals surface area contributed by atoms with Crippen LogP contribution in [0.5, 0.6) is 5.75 Å². The van der Waals surface area contributed by atoms with Crippen molar-refractivity contribution in [1.29, 1.82) is 0 Å². The molecule has 8 heteroatoms. The molecule has 7 nitrogen and oxygen atoms in total. The number of benzene rings is 2. The Morgan fingerprint density at radius 3 is 2.56 bits per heavy atom. The summed E-state index contributed by atoms with van der Waals surface area (Å²) in [7, 11) is 1.48. The van der Waals surface area contributed by atoms with Gasteiger partial charge in [0.25, 0.3) is 5.91 Å². The Hall–Kier alpha value is -3.06. The lowest BCUT2D eigenvalue weighted by Crippen LogP contribution is -2.34. The molecule has 0 unspecified atom stereocenters. The van der Waals surface area contributed by atoms with E-state index >= 15 is 0 Å². The lowest BCUT2D eigenvalue weighted by atomic mass is 10.1. The number of carboxylic acids is 1. The molecule has 2 N–H and O–H groups in total. The predicted molar refractivity (Wildman–Crippen MR) is 100 cm³/mol. The van der Waals surface area contributed by atoms with Crippen LogP contribution < -0.4 is 15.0 Å². The first-order chi connectivity index (χ1) is 12.9. The third-order valence-electron chi connectivity index (χ3n) is 4.19. The van der Waals surface area contributed by atoms with Crippen LogP contribution >= 0.6 is 11.6 Å². The highest BCUT2D eigenvalue weighted by Gasteiger charge is 2.39. The molecule has 1 atom stereocenters. The number of hydrogen-bond acceptors (Lipinski definition) is 5. The smallest absolute Gasteiger partial charge is 0.307 e. The zero-order valence-corrected chi connectivity index (χ0v) is 15.2. The Bertz CT molecular complexity index is 897. The number of nitrogens with zero attached hydrogens (tertiary/aromatic N) is 1. The minimum absolute atomic E-state index is 0.0133. The second kappa shape index (κ2) is 7.67. The molecule has 27 heavy (non-hydrogen) atoms. The third-order valence-corrected chi connectivity index (χ3v) is 4.49. The number of halogens is 1. The maximum absolute atomic E-state index is 12.7. The summed E-state index contributed by atoms with van der Waals surface area (Å²) in [5.74, 6) is -1.17. The Morgan fingerprint density at radius 2 is 1.96 bits per heavy atom. The first kappa shape index (κ1) is 18.7. The molecular formula is C19H17ClN2O5. The van der Waals surface area contributed by atoms with Crippen LogP contribution in [0.1, 0.15) is 12.0 Å². The number of anilines is 2. The van der Waals surface area contributed by atoms with Gasteiger partial charge >= 0.3 is 5.97 Å². The zero-order chi connectivity index (χ0) is 19.6. The topological polar surface area (TPSA) is 95.9 Å². The lowest BCUT2D eigenvalue weighted by Gasteiger charge is -2.17. The minimum atomic E-state index is -0.916. The van der Waals surface area contributed by atoms with Crippen molar-refractivity contribution in [3.63, 3.8) is 0 Å². The minimum Gasteiger partial charge on any atom is -0.495 e. The molecule has 1 heterocycles. The van der Waals surface area contributed by atoms with Crippen LogP contribution in [0.4, 0.5) is 11.4 Å². The van der Waals surface area contributed by atoms with E-state index in [1.165, 1.54) is 13.2 Å². The predicted octanol–water partition coefficient (Wildman–Crippen LogP) is 2.72.